The van der Waals surface area contributed by atoms with Crippen LogP contribution in [0.15, 0.2) is 61.2 Å². The number of aryl methyl sites for hydroxylation is 2. The molecule has 0 aliphatic rings. The Morgan fingerprint density at radius 1 is 1.10 bits per heavy atom. The summed E-state index contributed by atoms with van der Waals surface area (Å²) in [5, 5.41) is 10.9. The number of nitrogens with one attached hydrogen (secondary N) is 2. The molecule has 7 heteroatoms. The summed E-state index contributed by atoms with van der Waals surface area (Å²) in [6.07, 6.45) is 7.05. The lowest BCUT2D eigenvalue weighted by Crippen LogP contribution is -2.13. The predicted molar refractivity (Wildman–Crippen MR) is 119 cm³/mol. The molecule has 1 unspecified atom stereocenters. The second kappa shape index (κ2) is 8.32. The van der Waals surface area contributed by atoms with Gasteiger partial charge in [0.05, 0.1) is 23.6 Å². The fraction of sp³-hybridized carbons (Fsp3) is 0.217. The standard InChI is InChI=1S/C23H24N6O/c1-4-29-14-22-21(28-29)10-20(13-25-22)26-16(3)17-6-5-7-19(9-17)27-23(30)18-8-15(2)11-24-12-18/h5-14,16,26H,4H2,1-3H3,(H,27,30). The van der Waals surface area contributed by atoms with Crippen molar-refractivity contribution < 1.29 is 4.79 Å². The molecule has 0 bridgehead atoms. The monoisotopic (exact) mass is 400 g/mol. The molecule has 3 aromatic heterocycles. The van der Waals surface area contributed by atoms with Crippen LogP contribution in [0.4, 0.5) is 11.4 Å². The summed E-state index contributed by atoms with van der Waals surface area (Å²) in [6.45, 7) is 6.85. The minimum Gasteiger partial charge on any atom is -0.377 e. The molecule has 2 N–H and O–H groups in total. The zero-order chi connectivity index (χ0) is 21.1. The van der Waals surface area contributed by atoms with E-state index in [1.807, 2.05) is 67.3 Å². The van der Waals surface area contributed by atoms with E-state index < -0.39 is 0 Å². The van der Waals surface area contributed by atoms with Crippen molar-refractivity contribution in [3.05, 3.63) is 77.9 Å². The van der Waals surface area contributed by atoms with Gasteiger partial charge < -0.3 is 10.6 Å². The van der Waals surface area contributed by atoms with Gasteiger partial charge in [-0.05, 0) is 56.2 Å². The fourth-order valence-electron chi connectivity index (χ4n) is 3.29. The van der Waals surface area contributed by atoms with Crippen LogP contribution in [0.2, 0.25) is 0 Å². The Labute approximate surface area is 175 Å². The average Bonchev–Trinajstić information content (AvgIpc) is 3.16. The number of hydrogen-bond acceptors (Lipinski definition) is 5. The summed E-state index contributed by atoms with van der Waals surface area (Å²) in [5.41, 5.74) is 5.92. The van der Waals surface area contributed by atoms with Gasteiger partial charge in [-0.1, -0.05) is 12.1 Å². The van der Waals surface area contributed by atoms with E-state index in [2.05, 4.69) is 32.6 Å². The number of benzene rings is 1. The van der Waals surface area contributed by atoms with Gasteiger partial charge in [0.1, 0.15) is 11.0 Å². The molecule has 152 valence electrons. The van der Waals surface area contributed by atoms with E-state index in [0.29, 0.717) is 5.56 Å². The number of carbonyl (C=O) groups is 1. The van der Waals surface area contributed by atoms with Crippen molar-refractivity contribution in [2.45, 2.75) is 33.4 Å². The lowest BCUT2D eigenvalue weighted by Gasteiger charge is -2.16. The second-order valence-corrected chi connectivity index (χ2v) is 7.31. The zero-order valence-corrected chi connectivity index (χ0v) is 17.3. The van der Waals surface area contributed by atoms with Crippen molar-refractivity contribution in [1.29, 1.82) is 0 Å². The first-order valence-corrected chi connectivity index (χ1v) is 9.94. The van der Waals surface area contributed by atoms with Crippen molar-refractivity contribution >= 4 is 28.3 Å². The number of anilines is 2. The highest BCUT2D eigenvalue weighted by atomic mass is 16.1. The number of amides is 1. The normalized spacial score (nSPS) is 12.0. The molecule has 0 aliphatic heterocycles. The Hall–Kier alpha value is -3.74. The minimum atomic E-state index is -0.176. The SMILES string of the molecule is CCn1cc2ncc(NC(C)c3cccc(NC(=O)c4cncc(C)c4)c3)cc2n1. The molecule has 1 amide bonds. The van der Waals surface area contributed by atoms with Crippen molar-refractivity contribution in [3.63, 3.8) is 0 Å². The van der Waals surface area contributed by atoms with Gasteiger partial charge in [0.25, 0.3) is 5.91 Å². The molecule has 1 aromatic carbocycles. The van der Waals surface area contributed by atoms with Gasteiger partial charge >= 0.3 is 0 Å². The highest BCUT2D eigenvalue weighted by Gasteiger charge is 2.11. The van der Waals surface area contributed by atoms with Crippen LogP contribution in [0.3, 0.4) is 0 Å². The van der Waals surface area contributed by atoms with Gasteiger partial charge in [-0.15, -0.1) is 0 Å². The van der Waals surface area contributed by atoms with Crippen molar-refractivity contribution in [2.75, 3.05) is 10.6 Å². The van der Waals surface area contributed by atoms with Gasteiger partial charge in [0, 0.05) is 30.7 Å². The molecule has 1 atom stereocenters. The number of rotatable bonds is 6. The minimum absolute atomic E-state index is 0.0231. The van der Waals surface area contributed by atoms with E-state index in [4.69, 9.17) is 0 Å². The smallest absolute Gasteiger partial charge is 0.257 e. The largest absolute Gasteiger partial charge is 0.377 e. The van der Waals surface area contributed by atoms with E-state index in [1.165, 1.54) is 0 Å². The number of nitrogens with zero attached hydrogens (tertiary/aromatic N) is 4. The topological polar surface area (TPSA) is 84.7 Å². The maximum atomic E-state index is 12.5. The molecule has 3 heterocycles. The first kappa shape index (κ1) is 19.6. The summed E-state index contributed by atoms with van der Waals surface area (Å²) in [6, 6.07) is 11.6. The molecule has 4 aromatic rings. The fourth-order valence-corrected chi connectivity index (χ4v) is 3.29. The second-order valence-electron chi connectivity index (χ2n) is 7.31. The third-order valence-electron chi connectivity index (χ3n) is 4.89. The van der Waals surface area contributed by atoms with Crippen LogP contribution in [0, 0.1) is 6.92 Å². The highest BCUT2D eigenvalue weighted by molar-refractivity contribution is 6.04. The van der Waals surface area contributed by atoms with E-state index in [9.17, 15) is 4.79 Å². The number of carbonyl (C=O) groups excluding carboxylic acids is 1. The number of fused-ring (bicyclic) bond motifs is 1. The molecule has 0 saturated carbocycles. The molecular formula is C23H24N6O. The van der Waals surface area contributed by atoms with Gasteiger partial charge in [-0.2, -0.15) is 5.10 Å². The summed E-state index contributed by atoms with van der Waals surface area (Å²) in [7, 11) is 0. The van der Waals surface area contributed by atoms with Gasteiger partial charge in [-0.3, -0.25) is 19.4 Å². The van der Waals surface area contributed by atoms with Crippen molar-refractivity contribution in [3.8, 4) is 0 Å². The summed E-state index contributed by atoms with van der Waals surface area (Å²) in [4.78, 5) is 21.1. The summed E-state index contributed by atoms with van der Waals surface area (Å²) >= 11 is 0. The maximum Gasteiger partial charge on any atom is 0.257 e. The molecule has 0 spiro atoms. The average molecular weight is 400 g/mol. The Kier molecular flexibility index (Phi) is 5.43. The van der Waals surface area contributed by atoms with Gasteiger partial charge in [0.15, 0.2) is 0 Å². The van der Waals surface area contributed by atoms with E-state index >= 15 is 0 Å². The Morgan fingerprint density at radius 3 is 2.77 bits per heavy atom. The van der Waals surface area contributed by atoms with Crippen LogP contribution < -0.4 is 10.6 Å². The number of aromatic nitrogens is 4. The molecule has 7 nitrogen and oxygen atoms in total. The van der Waals surface area contributed by atoms with Crippen molar-refractivity contribution in [1.82, 2.24) is 19.7 Å². The predicted octanol–water partition coefficient (Wildman–Crippen LogP) is 4.58. The summed E-state index contributed by atoms with van der Waals surface area (Å²) in [5.74, 6) is -0.176. The van der Waals surface area contributed by atoms with Crippen LogP contribution in [0.1, 0.15) is 41.4 Å². The van der Waals surface area contributed by atoms with E-state index in [-0.39, 0.29) is 11.9 Å². The van der Waals surface area contributed by atoms with Crippen LogP contribution in [-0.2, 0) is 6.54 Å². The molecule has 0 aliphatic carbocycles. The van der Waals surface area contributed by atoms with E-state index in [0.717, 1.165) is 40.1 Å². The molecule has 0 fully saturated rings. The summed E-state index contributed by atoms with van der Waals surface area (Å²) < 4.78 is 1.88. The van der Waals surface area contributed by atoms with Crippen LogP contribution in [-0.4, -0.2) is 25.7 Å². The zero-order valence-electron chi connectivity index (χ0n) is 17.3. The highest BCUT2D eigenvalue weighted by Crippen LogP contribution is 2.23. The van der Waals surface area contributed by atoms with Gasteiger partial charge in [-0.25, -0.2) is 0 Å². The Morgan fingerprint density at radius 2 is 1.97 bits per heavy atom. The number of hydrogen-bond donors (Lipinski definition) is 2. The molecular weight excluding hydrogens is 376 g/mol. The van der Waals surface area contributed by atoms with Crippen LogP contribution >= 0.6 is 0 Å². The third-order valence-corrected chi connectivity index (χ3v) is 4.89. The molecule has 0 saturated heterocycles. The number of pyridine rings is 2. The lowest BCUT2D eigenvalue weighted by atomic mass is 10.1. The molecule has 4 rings (SSSR count). The first-order chi connectivity index (χ1) is 14.5. The first-order valence-electron chi connectivity index (χ1n) is 9.94. The van der Waals surface area contributed by atoms with Crippen LogP contribution in [0.25, 0.3) is 11.0 Å². The Balaban J connectivity index is 1.48. The Bertz CT molecular complexity index is 1200. The third kappa shape index (κ3) is 4.30. The molecule has 30 heavy (non-hydrogen) atoms. The molecule has 0 radical (unpaired) electrons. The van der Waals surface area contributed by atoms with Crippen molar-refractivity contribution in [2.24, 2.45) is 0 Å². The lowest BCUT2D eigenvalue weighted by molar-refractivity contribution is 0.102. The van der Waals surface area contributed by atoms with E-state index in [1.54, 1.807) is 12.4 Å². The van der Waals surface area contributed by atoms with Crippen LogP contribution in [0.5, 0.6) is 0 Å². The van der Waals surface area contributed by atoms with Gasteiger partial charge in [0.2, 0.25) is 0 Å². The quantitative estimate of drug-likeness (QED) is 0.495. The maximum absolute atomic E-state index is 12.5.